The number of aryl methyl sites for hydroxylation is 1. The van der Waals surface area contributed by atoms with Crippen molar-refractivity contribution in [2.45, 2.75) is 83.7 Å². The minimum Gasteiger partial charge on any atom is -0.390 e. The molecule has 1 aromatic rings. The van der Waals surface area contributed by atoms with Crippen LogP contribution in [0.1, 0.15) is 77.5 Å². The average Bonchev–Trinajstić information content (AvgIpc) is 3.23. The molecular formula is C25H38N2O2. The third-order valence-electron chi connectivity index (χ3n) is 9.88. The predicted molar refractivity (Wildman–Crippen MR) is 113 cm³/mol. The monoisotopic (exact) mass is 398 g/mol. The highest BCUT2D eigenvalue weighted by Gasteiger charge is 2.58. The molecule has 1 N–H and O–H groups in total. The van der Waals surface area contributed by atoms with E-state index in [1.54, 1.807) is 6.20 Å². The van der Waals surface area contributed by atoms with Crippen LogP contribution in [-0.4, -0.2) is 26.0 Å². The standard InChI is InChI=1S/C25H38N2O2/c1-24(29)10-8-17-16(15-24)4-5-19-18(17)9-11-25(2)20(19)6-7-21(25)22(28)14-23-26-12-13-27(23)3/h12-13,16-21,29H,4-11,14-15H2,1-3H3/t16-,17+,18-,19-,20+,21?,24-,25+/m1/s1. The molecule has 4 aliphatic rings. The van der Waals surface area contributed by atoms with E-state index in [1.807, 2.05) is 24.7 Å². The van der Waals surface area contributed by atoms with Crippen LogP contribution >= 0.6 is 0 Å². The van der Waals surface area contributed by atoms with Gasteiger partial charge in [0, 0.05) is 25.4 Å². The van der Waals surface area contributed by atoms with Crippen LogP contribution in [0.5, 0.6) is 0 Å². The van der Waals surface area contributed by atoms with Crippen LogP contribution in [0.15, 0.2) is 12.4 Å². The quantitative estimate of drug-likeness (QED) is 0.812. The lowest BCUT2D eigenvalue weighted by atomic mass is 9.49. The fourth-order valence-electron chi connectivity index (χ4n) is 8.46. The first kappa shape index (κ1) is 19.8. The van der Waals surface area contributed by atoms with Gasteiger partial charge >= 0.3 is 0 Å². The van der Waals surface area contributed by atoms with E-state index in [2.05, 4.69) is 11.9 Å². The molecule has 4 saturated carbocycles. The van der Waals surface area contributed by atoms with Crippen molar-refractivity contribution in [1.29, 1.82) is 0 Å². The summed E-state index contributed by atoms with van der Waals surface area (Å²) in [6, 6.07) is 0. The maximum Gasteiger partial charge on any atom is 0.144 e. The summed E-state index contributed by atoms with van der Waals surface area (Å²) in [5, 5.41) is 10.6. The van der Waals surface area contributed by atoms with Crippen LogP contribution in [0, 0.1) is 40.9 Å². The van der Waals surface area contributed by atoms with E-state index in [1.165, 1.54) is 38.5 Å². The van der Waals surface area contributed by atoms with E-state index < -0.39 is 5.60 Å². The van der Waals surface area contributed by atoms with Crippen LogP contribution in [0.3, 0.4) is 0 Å². The molecule has 1 heterocycles. The zero-order valence-corrected chi connectivity index (χ0v) is 18.4. The lowest BCUT2D eigenvalue weighted by Gasteiger charge is -2.56. The van der Waals surface area contributed by atoms with Crippen molar-refractivity contribution >= 4 is 5.78 Å². The van der Waals surface area contributed by atoms with Crippen LogP contribution in [0.2, 0.25) is 0 Å². The summed E-state index contributed by atoms with van der Waals surface area (Å²) >= 11 is 0. The molecule has 0 amide bonds. The average molecular weight is 399 g/mol. The third-order valence-corrected chi connectivity index (χ3v) is 9.88. The van der Waals surface area contributed by atoms with Gasteiger partial charge in [0.25, 0.3) is 0 Å². The van der Waals surface area contributed by atoms with Gasteiger partial charge in [0.05, 0.1) is 12.0 Å². The number of Topliss-reactive ketones (excluding diaryl/α,β-unsaturated/α-hetero) is 1. The van der Waals surface area contributed by atoms with E-state index in [9.17, 15) is 9.90 Å². The number of imidazole rings is 1. The molecule has 1 unspecified atom stereocenters. The van der Waals surface area contributed by atoms with Crippen molar-refractivity contribution in [3.8, 4) is 0 Å². The zero-order valence-electron chi connectivity index (χ0n) is 18.4. The topological polar surface area (TPSA) is 55.1 Å². The molecule has 0 radical (unpaired) electrons. The van der Waals surface area contributed by atoms with Gasteiger partial charge in [0.1, 0.15) is 11.6 Å². The highest BCUT2D eigenvalue weighted by atomic mass is 16.3. The van der Waals surface area contributed by atoms with Crippen molar-refractivity contribution < 1.29 is 9.90 Å². The first-order valence-electron chi connectivity index (χ1n) is 12.0. The second kappa shape index (κ2) is 6.93. The van der Waals surface area contributed by atoms with Gasteiger partial charge in [0.15, 0.2) is 0 Å². The first-order chi connectivity index (χ1) is 13.8. The molecule has 0 aliphatic heterocycles. The predicted octanol–water partition coefficient (Wildman–Crippen LogP) is 4.55. The Hall–Kier alpha value is -1.16. The van der Waals surface area contributed by atoms with Gasteiger partial charge in [-0.1, -0.05) is 6.92 Å². The molecule has 1 aromatic heterocycles. The Kier molecular flexibility index (Phi) is 4.73. The molecule has 8 atom stereocenters. The van der Waals surface area contributed by atoms with Crippen molar-refractivity contribution in [2.75, 3.05) is 0 Å². The Morgan fingerprint density at radius 1 is 1.10 bits per heavy atom. The molecular weight excluding hydrogens is 360 g/mol. The SMILES string of the molecule is Cn1ccnc1CC(=O)C1CC[C@H]2[C@@H]3CC[C@@H]4C[C@](C)(O)CC[C@@H]4[C@H]3CC[C@]12C. The van der Waals surface area contributed by atoms with Crippen molar-refractivity contribution in [1.82, 2.24) is 9.55 Å². The normalized spacial score (nSPS) is 46.6. The molecule has 160 valence electrons. The number of rotatable bonds is 3. The molecule has 29 heavy (non-hydrogen) atoms. The Bertz CT molecular complexity index is 784. The number of aliphatic hydroxyl groups is 1. The molecule has 0 aromatic carbocycles. The molecule has 0 bridgehead atoms. The number of ketones is 1. The Balaban J connectivity index is 1.32. The van der Waals surface area contributed by atoms with Crippen LogP contribution < -0.4 is 0 Å². The summed E-state index contributed by atoms with van der Waals surface area (Å²) < 4.78 is 1.99. The lowest BCUT2D eigenvalue weighted by Crippen LogP contribution is -2.51. The molecule has 0 saturated heterocycles. The van der Waals surface area contributed by atoms with Gasteiger partial charge in [0.2, 0.25) is 0 Å². The van der Waals surface area contributed by atoms with Crippen molar-refractivity contribution in [3.05, 3.63) is 18.2 Å². The molecule has 4 heteroatoms. The van der Waals surface area contributed by atoms with Crippen molar-refractivity contribution in [3.63, 3.8) is 0 Å². The Morgan fingerprint density at radius 2 is 1.90 bits per heavy atom. The number of aromatic nitrogens is 2. The van der Waals surface area contributed by atoms with E-state index >= 15 is 0 Å². The number of carbonyl (C=O) groups excluding carboxylic acids is 1. The second-order valence-corrected chi connectivity index (χ2v) is 11.4. The van der Waals surface area contributed by atoms with E-state index in [4.69, 9.17) is 0 Å². The van der Waals surface area contributed by atoms with Crippen molar-refractivity contribution in [2.24, 2.45) is 48.0 Å². The first-order valence-corrected chi connectivity index (χ1v) is 12.0. The number of hydrogen-bond donors (Lipinski definition) is 1. The smallest absolute Gasteiger partial charge is 0.144 e. The number of fused-ring (bicyclic) bond motifs is 5. The number of nitrogens with zero attached hydrogens (tertiary/aromatic N) is 2. The fourth-order valence-corrected chi connectivity index (χ4v) is 8.46. The Labute approximate surface area is 175 Å². The number of hydrogen-bond acceptors (Lipinski definition) is 3. The number of carbonyl (C=O) groups is 1. The van der Waals surface area contributed by atoms with E-state index in [-0.39, 0.29) is 11.3 Å². The van der Waals surface area contributed by atoms with Gasteiger partial charge < -0.3 is 9.67 Å². The summed E-state index contributed by atoms with van der Waals surface area (Å²) in [4.78, 5) is 17.7. The van der Waals surface area contributed by atoms with E-state index in [0.717, 1.165) is 54.7 Å². The second-order valence-electron chi connectivity index (χ2n) is 11.4. The minimum atomic E-state index is -0.437. The maximum atomic E-state index is 13.3. The van der Waals surface area contributed by atoms with Crippen LogP contribution in [-0.2, 0) is 18.3 Å². The lowest BCUT2D eigenvalue weighted by molar-refractivity contribution is -0.131. The summed E-state index contributed by atoms with van der Waals surface area (Å²) in [6.07, 6.45) is 14.9. The van der Waals surface area contributed by atoms with Crippen LogP contribution in [0.4, 0.5) is 0 Å². The van der Waals surface area contributed by atoms with E-state index in [0.29, 0.717) is 12.2 Å². The summed E-state index contributed by atoms with van der Waals surface area (Å²) in [6.45, 7) is 4.49. The molecule has 4 nitrogen and oxygen atoms in total. The van der Waals surface area contributed by atoms with Crippen LogP contribution in [0.25, 0.3) is 0 Å². The van der Waals surface area contributed by atoms with Gasteiger partial charge in [-0.05, 0) is 99.7 Å². The van der Waals surface area contributed by atoms with Gasteiger partial charge in [-0.2, -0.15) is 0 Å². The largest absolute Gasteiger partial charge is 0.390 e. The molecule has 0 spiro atoms. The molecule has 4 fully saturated rings. The summed E-state index contributed by atoms with van der Waals surface area (Å²) in [7, 11) is 1.99. The molecule has 4 aliphatic carbocycles. The van der Waals surface area contributed by atoms with Gasteiger partial charge in [-0.25, -0.2) is 4.98 Å². The molecule has 5 rings (SSSR count). The zero-order chi connectivity index (χ0) is 20.4. The summed E-state index contributed by atoms with van der Waals surface area (Å²) in [5.41, 5.74) is -0.247. The minimum absolute atomic E-state index is 0.191. The Morgan fingerprint density at radius 3 is 2.66 bits per heavy atom. The highest BCUT2D eigenvalue weighted by Crippen LogP contribution is 2.64. The van der Waals surface area contributed by atoms with Gasteiger partial charge in [-0.3, -0.25) is 4.79 Å². The summed E-state index contributed by atoms with van der Waals surface area (Å²) in [5.74, 6) is 5.47. The highest BCUT2D eigenvalue weighted by molar-refractivity contribution is 5.83. The maximum absolute atomic E-state index is 13.3. The third kappa shape index (κ3) is 3.21. The fraction of sp³-hybridized carbons (Fsp3) is 0.840. The van der Waals surface area contributed by atoms with Gasteiger partial charge in [-0.15, -0.1) is 0 Å².